The fourth-order valence-electron chi connectivity index (χ4n) is 2.60. The van der Waals surface area contributed by atoms with E-state index in [1.165, 1.54) is 28.8 Å². The Labute approximate surface area is 153 Å². The van der Waals surface area contributed by atoms with Crippen molar-refractivity contribution in [3.63, 3.8) is 0 Å². The highest BCUT2D eigenvalue weighted by Crippen LogP contribution is 2.34. The molecule has 7 heteroatoms. The Bertz CT molecular complexity index is 847. The molecule has 1 aliphatic heterocycles. The lowest BCUT2D eigenvalue weighted by atomic mass is 10.1. The molecule has 1 amide bonds. The van der Waals surface area contributed by atoms with Crippen molar-refractivity contribution >= 4 is 28.5 Å². The molecule has 1 aliphatic rings. The zero-order valence-electron chi connectivity index (χ0n) is 14.2. The summed E-state index contributed by atoms with van der Waals surface area (Å²) in [4.78, 5) is 18.1. The second-order valence-electron chi connectivity index (χ2n) is 6.14. The first kappa shape index (κ1) is 18.5. The van der Waals surface area contributed by atoms with E-state index in [-0.39, 0.29) is 16.8 Å². The minimum absolute atomic E-state index is 0.0960. The van der Waals surface area contributed by atoms with Gasteiger partial charge >= 0.3 is 6.18 Å². The highest BCUT2D eigenvalue weighted by atomic mass is 32.2. The number of halogens is 3. The van der Waals surface area contributed by atoms with Crippen LogP contribution < -0.4 is 0 Å². The average Bonchev–Trinajstić information content (AvgIpc) is 2.84. The summed E-state index contributed by atoms with van der Waals surface area (Å²) >= 11 is 1.28. The van der Waals surface area contributed by atoms with Gasteiger partial charge in [-0.1, -0.05) is 47.7 Å². The molecule has 1 atom stereocenters. The summed E-state index contributed by atoms with van der Waals surface area (Å²) in [5.41, 5.74) is 1.60. The van der Waals surface area contributed by atoms with Gasteiger partial charge in [-0.2, -0.15) is 13.2 Å². The molecule has 136 valence electrons. The van der Waals surface area contributed by atoms with E-state index in [9.17, 15) is 18.0 Å². The lowest BCUT2D eigenvalue weighted by Crippen LogP contribution is -2.28. The van der Waals surface area contributed by atoms with Crippen molar-refractivity contribution in [2.24, 2.45) is 4.99 Å². The van der Waals surface area contributed by atoms with Crippen molar-refractivity contribution in [2.45, 2.75) is 24.8 Å². The lowest BCUT2D eigenvalue weighted by molar-refractivity contribution is -0.137. The van der Waals surface area contributed by atoms with Crippen LogP contribution in [0.1, 0.15) is 16.7 Å². The third-order valence-electron chi connectivity index (χ3n) is 4.08. The van der Waals surface area contributed by atoms with Gasteiger partial charge in [0.1, 0.15) is 0 Å². The number of aryl methyl sites for hydroxylation is 1. The SMILES string of the molecule is Cc1ccc(C[C@H]2SC(=Nc3cccc(C(F)(F)F)c3)N(C)C2=O)cc1. The number of alkyl halides is 3. The van der Waals surface area contributed by atoms with Gasteiger partial charge < -0.3 is 0 Å². The molecule has 0 bridgehead atoms. The Morgan fingerprint density at radius 3 is 2.50 bits per heavy atom. The molecule has 0 aliphatic carbocycles. The third kappa shape index (κ3) is 4.09. The van der Waals surface area contributed by atoms with Crippen LogP contribution in [-0.2, 0) is 17.4 Å². The molecule has 0 saturated carbocycles. The zero-order valence-corrected chi connectivity index (χ0v) is 15.1. The smallest absolute Gasteiger partial charge is 0.293 e. The van der Waals surface area contributed by atoms with E-state index in [4.69, 9.17) is 0 Å². The van der Waals surface area contributed by atoms with Crippen LogP contribution in [0.5, 0.6) is 0 Å². The monoisotopic (exact) mass is 378 g/mol. The number of aliphatic imine (C=N–C) groups is 1. The number of benzene rings is 2. The Morgan fingerprint density at radius 1 is 1.15 bits per heavy atom. The standard InChI is InChI=1S/C19H17F3N2OS/c1-12-6-8-13(9-7-12)10-16-17(25)24(2)18(26-16)23-15-5-3-4-14(11-15)19(20,21)22/h3-9,11,16H,10H2,1-2H3/t16-/m1/s1. The predicted molar refractivity (Wildman–Crippen MR) is 97.6 cm³/mol. The van der Waals surface area contributed by atoms with E-state index >= 15 is 0 Å². The first-order valence-corrected chi connectivity index (χ1v) is 8.88. The van der Waals surface area contributed by atoms with Gasteiger partial charge in [0.2, 0.25) is 5.91 Å². The van der Waals surface area contributed by atoms with Crippen LogP contribution in [0, 0.1) is 6.92 Å². The Balaban J connectivity index is 1.80. The van der Waals surface area contributed by atoms with Gasteiger partial charge in [-0.3, -0.25) is 9.69 Å². The summed E-state index contributed by atoms with van der Waals surface area (Å²) in [6.07, 6.45) is -3.87. The van der Waals surface area contributed by atoms with E-state index in [2.05, 4.69) is 4.99 Å². The first-order valence-electron chi connectivity index (χ1n) is 8.00. The molecular formula is C19H17F3N2OS. The largest absolute Gasteiger partial charge is 0.416 e. The van der Waals surface area contributed by atoms with Gasteiger partial charge in [0, 0.05) is 7.05 Å². The average molecular weight is 378 g/mol. The van der Waals surface area contributed by atoms with Crippen molar-refractivity contribution in [1.29, 1.82) is 0 Å². The number of carbonyl (C=O) groups is 1. The molecule has 1 heterocycles. The molecule has 2 aromatic rings. The van der Waals surface area contributed by atoms with Crippen LogP contribution >= 0.6 is 11.8 Å². The molecule has 0 radical (unpaired) electrons. The van der Waals surface area contributed by atoms with Gasteiger partial charge in [-0.25, -0.2) is 4.99 Å². The minimum Gasteiger partial charge on any atom is -0.293 e. The fraction of sp³-hybridized carbons (Fsp3) is 0.263. The quantitative estimate of drug-likeness (QED) is 0.767. The fourth-order valence-corrected chi connectivity index (χ4v) is 3.79. The second kappa shape index (κ2) is 7.15. The van der Waals surface area contributed by atoms with Gasteiger partial charge in [0.25, 0.3) is 0 Å². The summed E-state index contributed by atoms with van der Waals surface area (Å²) in [5, 5.41) is 0.0821. The maximum atomic E-state index is 12.8. The Kier molecular flexibility index (Phi) is 5.09. The molecule has 0 N–H and O–H groups in total. The van der Waals surface area contributed by atoms with Crippen LogP contribution in [-0.4, -0.2) is 28.3 Å². The maximum Gasteiger partial charge on any atom is 0.416 e. The first-order chi connectivity index (χ1) is 12.2. The van der Waals surface area contributed by atoms with Gasteiger partial charge in [0.05, 0.1) is 16.5 Å². The van der Waals surface area contributed by atoms with Crippen molar-refractivity contribution in [2.75, 3.05) is 7.05 Å². The molecule has 0 aromatic heterocycles. The number of rotatable bonds is 3. The van der Waals surface area contributed by atoms with Gasteiger partial charge in [0.15, 0.2) is 5.17 Å². The van der Waals surface area contributed by atoms with Crippen LogP contribution in [0.3, 0.4) is 0 Å². The van der Waals surface area contributed by atoms with Crippen LogP contribution in [0.15, 0.2) is 53.5 Å². The number of carbonyl (C=O) groups excluding carboxylic acids is 1. The Morgan fingerprint density at radius 2 is 1.85 bits per heavy atom. The van der Waals surface area contributed by atoms with Crippen LogP contribution in [0.4, 0.5) is 18.9 Å². The van der Waals surface area contributed by atoms with Crippen LogP contribution in [0.2, 0.25) is 0 Å². The highest BCUT2D eigenvalue weighted by Gasteiger charge is 2.36. The third-order valence-corrected chi connectivity index (χ3v) is 5.31. The van der Waals surface area contributed by atoms with E-state index in [0.29, 0.717) is 11.6 Å². The van der Waals surface area contributed by atoms with E-state index < -0.39 is 11.7 Å². The molecule has 26 heavy (non-hydrogen) atoms. The van der Waals surface area contributed by atoms with Crippen molar-refractivity contribution in [3.8, 4) is 0 Å². The summed E-state index contributed by atoms with van der Waals surface area (Å²) in [7, 11) is 1.59. The molecule has 0 unspecified atom stereocenters. The molecule has 3 nitrogen and oxygen atoms in total. The van der Waals surface area contributed by atoms with Crippen molar-refractivity contribution < 1.29 is 18.0 Å². The predicted octanol–water partition coefficient (Wildman–Crippen LogP) is 4.82. The number of hydrogen-bond donors (Lipinski definition) is 0. The number of nitrogens with zero attached hydrogens (tertiary/aromatic N) is 2. The summed E-state index contributed by atoms with van der Waals surface area (Å²) < 4.78 is 38.5. The lowest BCUT2D eigenvalue weighted by Gasteiger charge is -2.10. The normalized spacial score (nSPS) is 19.4. The van der Waals surface area contributed by atoms with Crippen molar-refractivity contribution in [3.05, 3.63) is 65.2 Å². The zero-order chi connectivity index (χ0) is 18.9. The number of hydrogen-bond acceptors (Lipinski definition) is 3. The Hall–Kier alpha value is -2.28. The molecule has 1 fully saturated rings. The minimum atomic E-state index is -4.42. The van der Waals surface area contributed by atoms with Crippen molar-refractivity contribution in [1.82, 2.24) is 4.90 Å². The summed E-state index contributed by atoms with van der Waals surface area (Å²) in [6.45, 7) is 1.99. The molecular weight excluding hydrogens is 361 g/mol. The maximum absolute atomic E-state index is 12.8. The van der Waals surface area contributed by atoms with Gasteiger partial charge in [-0.05, 0) is 37.1 Å². The number of thioether (sulfide) groups is 1. The van der Waals surface area contributed by atoms with Crippen LogP contribution in [0.25, 0.3) is 0 Å². The summed E-state index contributed by atoms with van der Waals surface area (Å²) in [6, 6.07) is 12.7. The van der Waals surface area contributed by atoms with E-state index in [0.717, 1.165) is 23.3 Å². The van der Waals surface area contributed by atoms with E-state index in [1.807, 2.05) is 31.2 Å². The highest BCUT2D eigenvalue weighted by molar-refractivity contribution is 8.15. The number of amidine groups is 1. The molecule has 1 saturated heterocycles. The van der Waals surface area contributed by atoms with E-state index in [1.54, 1.807) is 7.05 Å². The second-order valence-corrected chi connectivity index (χ2v) is 7.31. The van der Waals surface area contributed by atoms with Gasteiger partial charge in [-0.15, -0.1) is 0 Å². The molecule has 0 spiro atoms. The molecule has 3 rings (SSSR count). The molecule has 2 aromatic carbocycles. The topological polar surface area (TPSA) is 32.7 Å². The summed E-state index contributed by atoms with van der Waals surface area (Å²) in [5.74, 6) is -0.0960. The number of amides is 1.